The lowest BCUT2D eigenvalue weighted by Crippen LogP contribution is -2.15. The van der Waals surface area contributed by atoms with E-state index in [1.54, 1.807) is 0 Å². The molecule has 1 heterocycles. The largest absolute Gasteiger partial charge is 0.329 e. The highest BCUT2D eigenvalue weighted by Gasteiger charge is 2.38. The van der Waals surface area contributed by atoms with Crippen LogP contribution < -0.4 is 0 Å². The van der Waals surface area contributed by atoms with Crippen molar-refractivity contribution in [2.75, 3.05) is 0 Å². The van der Waals surface area contributed by atoms with Gasteiger partial charge in [-0.2, -0.15) is 33.7 Å². The molecule has 3 aromatic rings. The Bertz CT molecular complexity index is 1650. The minimum atomic E-state index is -5.77. The van der Waals surface area contributed by atoms with E-state index in [9.17, 15) is 51.9 Å². The van der Waals surface area contributed by atoms with Crippen molar-refractivity contribution < 1.29 is 51.9 Å². The molecule has 31 heavy (non-hydrogen) atoms. The standard InChI is InChI=1S/C13H10N2O12S4/c16-28(17,18)9-6-8-10(12(30(22,23)24)11(9)29(19,20)21)14-13(31(25,26)27)15(8)7-4-2-1-3-5-7/h1-6H,(H,16,17,18)(H,19,20,21)(H,22,23,24)(H,25,26,27). The summed E-state index contributed by atoms with van der Waals surface area (Å²) >= 11 is 0. The first-order valence-corrected chi connectivity index (χ1v) is 13.2. The zero-order valence-corrected chi connectivity index (χ0v) is 17.8. The van der Waals surface area contributed by atoms with E-state index >= 15 is 0 Å². The van der Waals surface area contributed by atoms with E-state index < -0.39 is 71.3 Å². The Labute approximate surface area is 174 Å². The Balaban J connectivity index is 2.82. The zero-order chi connectivity index (χ0) is 23.6. The van der Waals surface area contributed by atoms with E-state index in [4.69, 9.17) is 0 Å². The van der Waals surface area contributed by atoms with Gasteiger partial charge in [0.1, 0.15) is 20.2 Å². The van der Waals surface area contributed by atoms with E-state index in [1.165, 1.54) is 30.3 Å². The third-order valence-corrected chi connectivity index (χ3v) is 7.56. The Morgan fingerprint density at radius 1 is 0.677 bits per heavy atom. The Kier molecular flexibility index (Phi) is 5.27. The average Bonchev–Trinajstić information content (AvgIpc) is 2.98. The normalized spacial score (nSPS) is 13.5. The second-order valence-corrected chi connectivity index (χ2v) is 11.3. The average molecular weight is 514 g/mol. The first-order valence-electron chi connectivity index (χ1n) is 7.49. The summed E-state index contributed by atoms with van der Waals surface area (Å²) in [6.07, 6.45) is 0. The van der Waals surface area contributed by atoms with Crippen LogP contribution in [-0.2, 0) is 40.5 Å². The maximum Gasteiger partial charge on any atom is 0.329 e. The predicted octanol–water partition coefficient (Wildman–Crippen LogP) is 0.0123. The molecule has 4 N–H and O–H groups in total. The van der Waals surface area contributed by atoms with E-state index in [-0.39, 0.29) is 5.69 Å². The van der Waals surface area contributed by atoms with Gasteiger partial charge < -0.3 is 0 Å². The zero-order valence-electron chi connectivity index (χ0n) is 14.5. The number of fused-ring (bicyclic) bond motifs is 1. The molecule has 0 amide bonds. The van der Waals surface area contributed by atoms with Gasteiger partial charge in [0.05, 0.1) is 5.52 Å². The second-order valence-electron chi connectivity index (χ2n) is 5.87. The number of benzene rings is 2. The number of aromatic nitrogens is 2. The van der Waals surface area contributed by atoms with Crippen molar-refractivity contribution in [2.24, 2.45) is 0 Å². The van der Waals surface area contributed by atoms with Crippen LogP contribution in [0.4, 0.5) is 0 Å². The third-order valence-electron chi connectivity index (χ3n) is 3.83. The van der Waals surface area contributed by atoms with Crippen molar-refractivity contribution >= 4 is 51.5 Å². The molecule has 0 aliphatic carbocycles. The molecule has 2 aromatic carbocycles. The van der Waals surface area contributed by atoms with Crippen LogP contribution in [0.5, 0.6) is 0 Å². The minimum Gasteiger partial charge on any atom is -0.282 e. The van der Waals surface area contributed by atoms with Crippen LogP contribution in [0.25, 0.3) is 16.7 Å². The van der Waals surface area contributed by atoms with E-state index in [2.05, 4.69) is 4.98 Å². The van der Waals surface area contributed by atoms with Crippen LogP contribution in [-0.4, -0.2) is 61.4 Å². The van der Waals surface area contributed by atoms with Crippen molar-refractivity contribution in [3.8, 4) is 5.69 Å². The monoisotopic (exact) mass is 514 g/mol. The fourth-order valence-electron chi connectivity index (χ4n) is 2.80. The molecule has 0 fully saturated rings. The van der Waals surface area contributed by atoms with Gasteiger partial charge in [0.25, 0.3) is 35.5 Å². The highest BCUT2D eigenvalue weighted by molar-refractivity contribution is 7.90. The summed E-state index contributed by atoms with van der Waals surface area (Å²) in [5.74, 6) is 0. The maximum absolute atomic E-state index is 11.9. The van der Waals surface area contributed by atoms with Gasteiger partial charge in [-0.3, -0.25) is 22.8 Å². The van der Waals surface area contributed by atoms with Crippen LogP contribution in [0.1, 0.15) is 0 Å². The molecule has 3 rings (SSSR count). The molecular weight excluding hydrogens is 504 g/mol. The second kappa shape index (κ2) is 7.03. The third kappa shape index (κ3) is 4.19. The molecule has 0 atom stereocenters. The van der Waals surface area contributed by atoms with E-state index in [0.717, 1.165) is 0 Å². The molecule has 0 unspecified atom stereocenters. The SMILES string of the molecule is O=S(=O)(O)c1cc2c(nc(S(=O)(=O)O)n2-c2ccccc2)c(S(=O)(=O)O)c1S(=O)(=O)O. The van der Waals surface area contributed by atoms with Crippen LogP contribution >= 0.6 is 0 Å². The summed E-state index contributed by atoms with van der Waals surface area (Å²) in [5.41, 5.74) is -2.04. The van der Waals surface area contributed by atoms with Gasteiger partial charge in [-0.05, 0) is 18.2 Å². The molecule has 168 valence electrons. The van der Waals surface area contributed by atoms with Gasteiger partial charge in [0, 0.05) is 5.69 Å². The molecule has 0 spiro atoms. The summed E-state index contributed by atoms with van der Waals surface area (Å²) in [6, 6.07) is 6.99. The number of hydrogen-bond donors (Lipinski definition) is 4. The van der Waals surface area contributed by atoms with E-state index in [1.807, 2.05) is 0 Å². The van der Waals surface area contributed by atoms with Crippen molar-refractivity contribution in [2.45, 2.75) is 19.8 Å². The van der Waals surface area contributed by atoms with Gasteiger partial charge >= 0.3 is 10.1 Å². The molecule has 1 aromatic heterocycles. The fraction of sp³-hybridized carbons (Fsp3) is 0. The Hall–Kier alpha value is -2.45. The summed E-state index contributed by atoms with van der Waals surface area (Å²) in [4.78, 5) is -2.14. The van der Waals surface area contributed by atoms with Gasteiger partial charge in [0.2, 0.25) is 0 Å². The number of para-hydroxylation sites is 1. The molecule has 0 radical (unpaired) electrons. The lowest BCUT2D eigenvalue weighted by Gasteiger charge is -2.12. The number of imidazole rings is 1. The fourth-order valence-corrected chi connectivity index (χ4v) is 6.75. The summed E-state index contributed by atoms with van der Waals surface area (Å²) in [7, 11) is -22.3. The van der Waals surface area contributed by atoms with Crippen LogP contribution in [0, 0.1) is 0 Å². The van der Waals surface area contributed by atoms with Gasteiger partial charge in [0.15, 0.2) is 0 Å². The van der Waals surface area contributed by atoms with Crippen molar-refractivity contribution in [1.29, 1.82) is 0 Å². The molecule has 0 saturated carbocycles. The lowest BCUT2D eigenvalue weighted by atomic mass is 10.2. The van der Waals surface area contributed by atoms with Crippen LogP contribution in [0.2, 0.25) is 0 Å². The number of rotatable bonds is 5. The lowest BCUT2D eigenvalue weighted by molar-refractivity contribution is 0.457. The van der Waals surface area contributed by atoms with Crippen LogP contribution in [0.15, 0.2) is 56.2 Å². The predicted molar refractivity (Wildman–Crippen MR) is 100 cm³/mol. The molecule has 0 bridgehead atoms. The Morgan fingerprint density at radius 3 is 1.61 bits per heavy atom. The van der Waals surface area contributed by atoms with Crippen LogP contribution in [0.3, 0.4) is 0 Å². The molecule has 0 aliphatic rings. The quantitative estimate of drug-likeness (QED) is 0.329. The first-order chi connectivity index (χ1) is 13.9. The molecule has 18 heteroatoms. The summed E-state index contributed by atoms with van der Waals surface area (Å²) < 4.78 is 133. The maximum atomic E-state index is 11.9. The van der Waals surface area contributed by atoms with Crippen molar-refractivity contribution in [3.05, 3.63) is 36.4 Å². The highest BCUT2D eigenvalue weighted by Crippen LogP contribution is 2.37. The highest BCUT2D eigenvalue weighted by atomic mass is 32.2. The van der Waals surface area contributed by atoms with Gasteiger partial charge in [-0.15, -0.1) is 0 Å². The number of hydrogen-bond acceptors (Lipinski definition) is 9. The van der Waals surface area contributed by atoms with Crippen molar-refractivity contribution in [1.82, 2.24) is 9.55 Å². The molecule has 0 saturated heterocycles. The number of nitrogens with zero attached hydrogens (tertiary/aromatic N) is 2. The smallest absolute Gasteiger partial charge is 0.282 e. The van der Waals surface area contributed by atoms with E-state index in [0.29, 0.717) is 10.6 Å². The minimum absolute atomic E-state index is 0.125. The van der Waals surface area contributed by atoms with Crippen molar-refractivity contribution in [3.63, 3.8) is 0 Å². The molecule has 14 nitrogen and oxygen atoms in total. The summed E-state index contributed by atoms with van der Waals surface area (Å²) in [5, 5.41) is -1.28. The van der Waals surface area contributed by atoms with Gasteiger partial charge in [-0.1, -0.05) is 18.2 Å². The molecular formula is C13H10N2O12S4. The first kappa shape index (κ1) is 23.2. The summed E-state index contributed by atoms with van der Waals surface area (Å²) in [6.45, 7) is 0. The Morgan fingerprint density at radius 2 is 1.19 bits per heavy atom. The topological polar surface area (TPSA) is 235 Å². The van der Waals surface area contributed by atoms with Gasteiger partial charge in [-0.25, -0.2) is 4.98 Å². The molecule has 0 aliphatic heterocycles.